The Hall–Kier alpha value is -1.35. The molecule has 0 radical (unpaired) electrons. The molecule has 21 heavy (non-hydrogen) atoms. The highest BCUT2D eigenvalue weighted by molar-refractivity contribution is 5.02. The van der Waals surface area contributed by atoms with E-state index in [4.69, 9.17) is 14.4 Å². The number of hydrogen-bond acceptors (Lipinski definition) is 5. The number of ether oxygens (including phenoxy) is 1. The van der Waals surface area contributed by atoms with E-state index in [1.165, 1.54) is 0 Å². The molecule has 0 saturated carbocycles. The molecule has 1 aromatic rings. The van der Waals surface area contributed by atoms with Gasteiger partial charge in [0, 0.05) is 19.1 Å². The standard InChI is InChI=1S/C16H24N2O3/c1-16(2,12-17)5-6-18-7-9-20-11-13(18)10-14(19)15-4-3-8-21-15/h3-4,8,13-14,19H,5-7,9-11H2,1-2H3. The van der Waals surface area contributed by atoms with Gasteiger partial charge in [-0.15, -0.1) is 0 Å². The first-order valence-corrected chi connectivity index (χ1v) is 7.46. The predicted octanol–water partition coefficient (Wildman–Crippen LogP) is 2.34. The van der Waals surface area contributed by atoms with Crippen molar-refractivity contribution in [1.29, 1.82) is 5.26 Å². The van der Waals surface area contributed by atoms with E-state index in [0.29, 0.717) is 25.4 Å². The number of aliphatic hydroxyl groups excluding tert-OH is 1. The third-order valence-electron chi connectivity index (χ3n) is 4.04. The molecule has 5 nitrogen and oxygen atoms in total. The van der Waals surface area contributed by atoms with Crippen LogP contribution >= 0.6 is 0 Å². The lowest BCUT2D eigenvalue weighted by Gasteiger charge is -2.37. The Morgan fingerprint density at radius 1 is 1.57 bits per heavy atom. The van der Waals surface area contributed by atoms with Crippen LogP contribution in [0.3, 0.4) is 0 Å². The van der Waals surface area contributed by atoms with Gasteiger partial charge in [0.05, 0.1) is 31.0 Å². The topological polar surface area (TPSA) is 69.6 Å². The Labute approximate surface area is 126 Å². The molecule has 1 saturated heterocycles. The predicted molar refractivity (Wildman–Crippen MR) is 78.5 cm³/mol. The fourth-order valence-electron chi connectivity index (χ4n) is 2.53. The zero-order valence-electron chi connectivity index (χ0n) is 12.8. The van der Waals surface area contributed by atoms with Crippen molar-refractivity contribution < 1.29 is 14.3 Å². The van der Waals surface area contributed by atoms with E-state index in [-0.39, 0.29) is 11.5 Å². The molecule has 0 amide bonds. The van der Waals surface area contributed by atoms with Crippen molar-refractivity contribution in [2.75, 3.05) is 26.3 Å². The molecule has 5 heteroatoms. The molecule has 0 aromatic carbocycles. The van der Waals surface area contributed by atoms with E-state index in [1.807, 2.05) is 13.8 Å². The number of aliphatic hydroxyl groups is 1. The highest BCUT2D eigenvalue weighted by Gasteiger charge is 2.28. The lowest BCUT2D eigenvalue weighted by atomic mass is 9.91. The van der Waals surface area contributed by atoms with Crippen LogP contribution in [0.25, 0.3) is 0 Å². The minimum atomic E-state index is -0.613. The van der Waals surface area contributed by atoms with Gasteiger partial charge < -0.3 is 14.3 Å². The van der Waals surface area contributed by atoms with Crippen LogP contribution in [0.5, 0.6) is 0 Å². The molecule has 2 atom stereocenters. The van der Waals surface area contributed by atoms with Crippen LogP contribution < -0.4 is 0 Å². The van der Waals surface area contributed by atoms with Crippen LogP contribution in [0, 0.1) is 16.7 Å². The van der Waals surface area contributed by atoms with Crippen LogP contribution in [-0.4, -0.2) is 42.4 Å². The summed E-state index contributed by atoms with van der Waals surface area (Å²) in [6.45, 7) is 6.93. The number of nitrogens with zero attached hydrogens (tertiary/aromatic N) is 2. The van der Waals surface area contributed by atoms with E-state index in [0.717, 1.165) is 19.5 Å². The summed E-state index contributed by atoms with van der Waals surface area (Å²) in [5.41, 5.74) is -0.317. The van der Waals surface area contributed by atoms with Gasteiger partial charge in [-0.05, 0) is 38.8 Å². The van der Waals surface area contributed by atoms with Crippen molar-refractivity contribution in [3.05, 3.63) is 24.2 Å². The van der Waals surface area contributed by atoms with E-state index in [9.17, 15) is 5.11 Å². The Bertz CT molecular complexity index is 464. The smallest absolute Gasteiger partial charge is 0.132 e. The zero-order valence-corrected chi connectivity index (χ0v) is 12.8. The number of nitriles is 1. The lowest BCUT2D eigenvalue weighted by molar-refractivity contribution is -0.0309. The summed E-state index contributed by atoms with van der Waals surface area (Å²) in [5, 5.41) is 19.3. The van der Waals surface area contributed by atoms with Gasteiger partial charge in [-0.1, -0.05) is 0 Å². The molecule has 0 spiro atoms. The van der Waals surface area contributed by atoms with Crippen LogP contribution in [-0.2, 0) is 4.74 Å². The van der Waals surface area contributed by atoms with E-state index in [2.05, 4.69) is 11.0 Å². The summed E-state index contributed by atoms with van der Waals surface area (Å²) in [4.78, 5) is 2.31. The van der Waals surface area contributed by atoms with Crippen LogP contribution in [0.15, 0.2) is 22.8 Å². The third kappa shape index (κ3) is 4.57. The summed E-state index contributed by atoms with van der Waals surface area (Å²) in [5.74, 6) is 0.595. The van der Waals surface area contributed by atoms with Crippen LogP contribution in [0.4, 0.5) is 0 Å². The molecule has 0 aliphatic carbocycles. The minimum Gasteiger partial charge on any atom is -0.467 e. The average molecular weight is 292 g/mol. The summed E-state index contributed by atoms with van der Waals surface area (Å²) < 4.78 is 10.8. The van der Waals surface area contributed by atoms with Gasteiger partial charge in [-0.25, -0.2) is 0 Å². The third-order valence-corrected chi connectivity index (χ3v) is 4.04. The summed E-state index contributed by atoms with van der Waals surface area (Å²) in [6, 6.07) is 6.07. The number of rotatable bonds is 6. The van der Waals surface area contributed by atoms with Gasteiger partial charge in [-0.2, -0.15) is 5.26 Å². The quantitative estimate of drug-likeness (QED) is 0.871. The molecule has 116 valence electrons. The highest BCUT2D eigenvalue weighted by atomic mass is 16.5. The van der Waals surface area contributed by atoms with Crippen LogP contribution in [0.2, 0.25) is 0 Å². The molecule has 2 heterocycles. The Balaban J connectivity index is 1.91. The van der Waals surface area contributed by atoms with Gasteiger partial charge >= 0.3 is 0 Å². The fraction of sp³-hybridized carbons (Fsp3) is 0.688. The molecule has 2 rings (SSSR count). The molecule has 2 unspecified atom stereocenters. The highest BCUT2D eigenvalue weighted by Crippen LogP contribution is 2.25. The van der Waals surface area contributed by atoms with Crippen molar-refractivity contribution in [3.8, 4) is 6.07 Å². The number of furan rings is 1. The second-order valence-corrected chi connectivity index (χ2v) is 6.28. The first-order valence-electron chi connectivity index (χ1n) is 7.46. The molecule has 0 bridgehead atoms. The summed E-state index contributed by atoms with van der Waals surface area (Å²) >= 11 is 0. The average Bonchev–Trinajstić information content (AvgIpc) is 3.01. The van der Waals surface area contributed by atoms with Crippen molar-refractivity contribution >= 4 is 0 Å². The molecule has 1 N–H and O–H groups in total. The second kappa shape index (κ2) is 7.08. The fourth-order valence-corrected chi connectivity index (χ4v) is 2.53. The zero-order chi connectivity index (χ0) is 15.3. The van der Waals surface area contributed by atoms with Gasteiger partial charge in [0.25, 0.3) is 0 Å². The first-order chi connectivity index (χ1) is 10.0. The summed E-state index contributed by atoms with van der Waals surface area (Å²) in [7, 11) is 0. The van der Waals surface area contributed by atoms with Gasteiger partial charge in [0.15, 0.2) is 0 Å². The lowest BCUT2D eigenvalue weighted by Crippen LogP contribution is -2.47. The SMILES string of the molecule is CC(C)(C#N)CCN1CCOCC1CC(O)c1ccco1. The van der Waals surface area contributed by atoms with E-state index >= 15 is 0 Å². The molecule has 1 aliphatic heterocycles. The second-order valence-electron chi connectivity index (χ2n) is 6.28. The van der Waals surface area contributed by atoms with Gasteiger partial charge in [-0.3, -0.25) is 4.90 Å². The molecule has 1 fully saturated rings. The molecular weight excluding hydrogens is 268 g/mol. The monoisotopic (exact) mass is 292 g/mol. The van der Waals surface area contributed by atoms with Crippen LogP contribution in [0.1, 0.15) is 38.6 Å². The van der Waals surface area contributed by atoms with Gasteiger partial charge in [0.1, 0.15) is 11.9 Å². The molecule has 1 aromatic heterocycles. The van der Waals surface area contributed by atoms with Crippen molar-refractivity contribution in [2.24, 2.45) is 5.41 Å². The number of morpholine rings is 1. The maximum atomic E-state index is 10.2. The van der Waals surface area contributed by atoms with Crippen molar-refractivity contribution in [2.45, 2.75) is 38.8 Å². The van der Waals surface area contributed by atoms with Gasteiger partial charge in [0.2, 0.25) is 0 Å². The Morgan fingerprint density at radius 2 is 2.38 bits per heavy atom. The Kier molecular flexibility index (Phi) is 5.40. The first kappa shape index (κ1) is 16.0. The molecular formula is C16H24N2O3. The van der Waals surface area contributed by atoms with Crippen molar-refractivity contribution in [3.63, 3.8) is 0 Å². The van der Waals surface area contributed by atoms with Crippen molar-refractivity contribution in [1.82, 2.24) is 4.90 Å². The van der Waals surface area contributed by atoms with E-state index in [1.54, 1.807) is 18.4 Å². The normalized spacial score (nSPS) is 21.9. The Morgan fingerprint density at radius 3 is 3.05 bits per heavy atom. The maximum Gasteiger partial charge on any atom is 0.132 e. The molecule has 1 aliphatic rings. The largest absolute Gasteiger partial charge is 0.467 e. The maximum absolute atomic E-state index is 10.2. The minimum absolute atomic E-state index is 0.161. The number of hydrogen-bond donors (Lipinski definition) is 1. The van der Waals surface area contributed by atoms with E-state index < -0.39 is 6.10 Å². The summed E-state index contributed by atoms with van der Waals surface area (Å²) in [6.07, 6.45) is 2.36.